The van der Waals surface area contributed by atoms with Gasteiger partial charge in [-0.15, -0.1) is 0 Å². The normalized spacial score (nSPS) is 12.1. The molecule has 32 heavy (non-hydrogen) atoms. The van der Waals surface area contributed by atoms with Crippen LogP contribution in [0.4, 0.5) is 15.9 Å². The number of hydrogen-bond acceptors (Lipinski definition) is 5. The average molecular weight is 455 g/mol. The summed E-state index contributed by atoms with van der Waals surface area (Å²) in [5, 5.41) is 3.15. The number of aryl methyl sites for hydroxylation is 2. The Morgan fingerprint density at radius 1 is 1.12 bits per heavy atom. The maximum absolute atomic E-state index is 14.1. The van der Waals surface area contributed by atoms with Gasteiger partial charge in [0.05, 0.1) is 12.0 Å². The largest absolute Gasteiger partial charge is 0.364 e. The van der Waals surface area contributed by atoms with E-state index in [1.54, 1.807) is 12.4 Å². The lowest BCUT2D eigenvalue weighted by molar-refractivity contribution is 0.540. The highest BCUT2D eigenvalue weighted by molar-refractivity contribution is 7.80. The molecular weight excluding hydrogens is 431 g/mol. The summed E-state index contributed by atoms with van der Waals surface area (Å²) in [7, 11) is 0. The second-order valence-electron chi connectivity index (χ2n) is 7.34. The Morgan fingerprint density at radius 3 is 2.72 bits per heavy atom. The molecule has 0 saturated carbocycles. The van der Waals surface area contributed by atoms with E-state index < -0.39 is 17.3 Å². The van der Waals surface area contributed by atoms with Crippen LogP contribution >= 0.6 is 0 Å². The van der Waals surface area contributed by atoms with Gasteiger partial charge in [0.25, 0.3) is 11.3 Å². The minimum absolute atomic E-state index is 0.363. The molecule has 0 saturated heterocycles. The molecule has 4 aromatic rings. The van der Waals surface area contributed by atoms with Gasteiger partial charge in [0.15, 0.2) is 17.0 Å². The van der Waals surface area contributed by atoms with Crippen molar-refractivity contribution in [1.82, 2.24) is 19.5 Å². The van der Waals surface area contributed by atoms with Gasteiger partial charge >= 0.3 is 6.08 Å². The van der Waals surface area contributed by atoms with Crippen LogP contribution in [-0.2, 0) is 30.8 Å². The summed E-state index contributed by atoms with van der Waals surface area (Å²) in [6.45, 7) is 3.00. The van der Waals surface area contributed by atoms with Crippen molar-refractivity contribution in [2.45, 2.75) is 32.9 Å². The van der Waals surface area contributed by atoms with E-state index in [0.717, 1.165) is 29.5 Å². The number of halogens is 1. The number of anilines is 2. The number of nitrogens with one attached hydrogen (secondary N) is 2. The maximum Gasteiger partial charge on any atom is 0.312 e. The third-order valence-electron chi connectivity index (χ3n) is 5.23. The van der Waals surface area contributed by atoms with Gasteiger partial charge in [-0.3, -0.25) is 9.27 Å². The Kier molecular flexibility index (Phi) is 6.72. The average Bonchev–Trinajstić information content (AvgIpc) is 3.18. The van der Waals surface area contributed by atoms with Crippen LogP contribution in [0.15, 0.2) is 54.9 Å². The van der Waals surface area contributed by atoms with Crippen molar-refractivity contribution in [3.05, 3.63) is 77.6 Å². The molecule has 8 nitrogen and oxygen atoms in total. The first-order valence-electron chi connectivity index (χ1n) is 10.1. The molecular formula is C22H23FN6O2S. The highest BCUT2D eigenvalue weighted by Gasteiger charge is 2.14. The first-order valence-corrected chi connectivity index (χ1v) is 11.2. The van der Waals surface area contributed by atoms with Crippen LogP contribution in [0.1, 0.15) is 23.1 Å². The van der Waals surface area contributed by atoms with Crippen LogP contribution in [0.2, 0.25) is 0 Å². The predicted octanol–water partition coefficient (Wildman–Crippen LogP) is 4.07. The highest BCUT2D eigenvalue weighted by Crippen LogP contribution is 2.22. The van der Waals surface area contributed by atoms with Crippen LogP contribution < -0.4 is 10.0 Å². The Bertz CT molecular complexity index is 1250. The molecule has 2 aromatic heterocycles. The van der Waals surface area contributed by atoms with Gasteiger partial charge in [-0.1, -0.05) is 42.5 Å². The fraction of sp³-hybridized carbons (Fsp3) is 0.227. The molecule has 3 N–H and O–H groups in total. The van der Waals surface area contributed by atoms with Gasteiger partial charge in [-0.05, 0) is 42.5 Å². The number of imidazole rings is 1. The third kappa shape index (κ3) is 5.09. The number of nitrogens with zero attached hydrogens (tertiary/aromatic N) is 4. The van der Waals surface area contributed by atoms with Crippen molar-refractivity contribution in [3.8, 4) is 0 Å². The van der Waals surface area contributed by atoms with Crippen molar-refractivity contribution in [2.75, 3.05) is 10.0 Å². The van der Waals surface area contributed by atoms with Crippen molar-refractivity contribution in [3.63, 3.8) is 0 Å². The zero-order chi connectivity index (χ0) is 22.5. The van der Waals surface area contributed by atoms with Crippen molar-refractivity contribution in [2.24, 2.45) is 0 Å². The summed E-state index contributed by atoms with van der Waals surface area (Å²) in [5.74, 6) is 0.363. The SMILES string of the molecule is Cc1c(CCCn2cnc3c(NCc4ccccc4)nc(F)nc32)cccc1NS(=O)O. The molecule has 0 aliphatic carbocycles. The number of benzene rings is 2. The van der Waals surface area contributed by atoms with Gasteiger partial charge in [-0.2, -0.15) is 14.4 Å². The zero-order valence-corrected chi connectivity index (χ0v) is 18.3. The van der Waals surface area contributed by atoms with E-state index in [-0.39, 0.29) is 0 Å². The fourth-order valence-corrected chi connectivity index (χ4v) is 3.99. The molecule has 2 heterocycles. The predicted molar refractivity (Wildman–Crippen MR) is 123 cm³/mol. The number of rotatable bonds is 9. The number of fused-ring (bicyclic) bond motifs is 1. The second kappa shape index (κ2) is 9.84. The molecule has 0 aliphatic rings. The Labute approximate surface area is 187 Å². The molecule has 0 amide bonds. The maximum atomic E-state index is 14.1. The summed E-state index contributed by atoms with van der Waals surface area (Å²) in [4.78, 5) is 12.2. The molecule has 0 fully saturated rings. The van der Waals surface area contributed by atoms with E-state index in [2.05, 4.69) is 25.0 Å². The van der Waals surface area contributed by atoms with E-state index in [1.807, 2.05) is 54.0 Å². The van der Waals surface area contributed by atoms with E-state index in [9.17, 15) is 8.60 Å². The summed E-state index contributed by atoms with van der Waals surface area (Å²) < 4.78 is 38.6. The van der Waals surface area contributed by atoms with Crippen LogP contribution in [-0.4, -0.2) is 28.3 Å². The fourth-order valence-electron chi connectivity index (χ4n) is 3.59. The lowest BCUT2D eigenvalue weighted by atomic mass is 10.0. The van der Waals surface area contributed by atoms with Crippen LogP contribution in [0.5, 0.6) is 0 Å². The van der Waals surface area contributed by atoms with Crippen LogP contribution in [0, 0.1) is 13.0 Å². The minimum atomic E-state index is -2.12. The smallest absolute Gasteiger partial charge is 0.312 e. The number of aromatic nitrogens is 4. The zero-order valence-electron chi connectivity index (χ0n) is 17.5. The molecule has 1 atom stereocenters. The first-order chi connectivity index (χ1) is 15.5. The van der Waals surface area contributed by atoms with E-state index >= 15 is 0 Å². The van der Waals surface area contributed by atoms with Gasteiger partial charge < -0.3 is 9.88 Å². The monoisotopic (exact) mass is 454 g/mol. The van der Waals surface area contributed by atoms with E-state index in [1.165, 1.54) is 0 Å². The van der Waals surface area contributed by atoms with Gasteiger partial charge in [0.1, 0.15) is 0 Å². The molecule has 0 spiro atoms. The Balaban J connectivity index is 1.46. The van der Waals surface area contributed by atoms with Crippen LogP contribution in [0.25, 0.3) is 11.2 Å². The van der Waals surface area contributed by atoms with Crippen molar-refractivity contribution in [1.29, 1.82) is 0 Å². The lowest BCUT2D eigenvalue weighted by Crippen LogP contribution is -2.07. The standard InChI is InChI=1S/C22H23FN6O2S/c1-15-17(9-5-11-18(15)28-32(30)31)10-6-12-29-14-25-19-20(26-22(23)27-21(19)29)24-13-16-7-3-2-4-8-16/h2-5,7-9,11,14,28H,6,10,12-13H2,1H3,(H,30,31)(H,24,26,27). The minimum Gasteiger partial charge on any atom is -0.364 e. The van der Waals surface area contributed by atoms with Gasteiger partial charge in [-0.25, -0.2) is 9.19 Å². The molecule has 0 aliphatic heterocycles. The van der Waals surface area contributed by atoms with Gasteiger partial charge in [0, 0.05) is 13.1 Å². The summed E-state index contributed by atoms with van der Waals surface area (Å²) in [6, 6.07) is 15.4. The van der Waals surface area contributed by atoms with Crippen molar-refractivity contribution >= 4 is 33.9 Å². The summed E-state index contributed by atoms with van der Waals surface area (Å²) in [5.41, 5.74) is 4.63. The quantitative estimate of drug-likeness (QED) is 0.260. The molecule has 166 valence electrons. The van der Waals surface area contributed by atoms with E-state index in [0.29, 0.717) is 35.8 Å². The Hall–Kier alpha value is -3.37. The third-order valence-corrected chi connectivity index (χ3v) is 5.62. The molecule has 0 radical (unpaired) electrons. The summed E-state index contributed by atoms with van der Waals surface area (Å²) in [6.07, 6.45) is 2.34. The summed E-state index contributed by atoms with van der Waals surface area (Å²) >= 11 is -2.12. The Morgan fingerprint density at radius 2 is 1.94 bits per heavy atom. The second-order valence-corrected chi connectivity index (χ2v) is 8.04. The topological polar surface area (TPSA) is 105 Å². The molecule has 4 rings (SSSR count). The highest BCUT2D eigenvalue weighted by atomic mass is 32.2. The molecule has 1 unspecified atom stereocenters. The number of hydrogen-bond donors (Lipinski definition) is 3. The lowest BCUT2D eigenvalue weighted by Gasteiger charge is -2.11. The van der Waals surface area contributed by atoms with Gasteiger partial charge in [0.2, 0.25) is 0 Å². The molecule has 0 bridgehead atoms. The van der Waals surface area contributed by atoms with Crippen molar-refractivity contribution < 1.29 is 13.2 Å². The van der Waals surface area contributed by atoms with Crippen LogP contribution in [0.3, 0.4) is 0 Å². The van der Waals surface area contributed by atoms with E-state index in [4.69, 9.17) is 4.55 Å². The first kappa shape index (κ1) is 21.8. The molecule has 10 heteroatoms. The molecule has 2 aromatic carbocycles.